The van der Waals surface area contributed by atoms with Crippen LogP contribution in [0.25, 0.3) is 0 Å². The number of fused-ring (bicyclic) bond motifs is 6. The van der Waals surface area contributed by atoms with Crippen LogP contribution in [0.2, 0.25) is 0 Å². The number of hydrogen-bond acceptors (Lipinski definition) is 4. The molecule has 4 heteroatoms. The maximum absolute atomic E-state index is 12.1. The third kappa shape index (κ3) is 1.54. The van der Waals surface area contributed by atoms with Gasteiger partial charge in [0.2, 0.25) is 0 Å². The standard InChI is InChI=1S/C22H28O3S/c1-19-6-4-12(24)8-16(19)13-9-14(13)18-15-5-7-21(3,26-11-23)20(15,2)10-17-22(18,19)25-17/h8,11,13-15,17-18H,4-7,9-10H2,1-3H3/t13-,14+,15+,17?,18+,19+,20-,21+,22-/m1/s1. The molecule has 3 nitrogen and oxygen atoms in total. The lowest BCUT2D eigenvalue weighted by Gasteiger charge is -2.57. The van der Waals surface area contributed by atoms with Crippen LogP contribution in [0.4, 0.5) is 0 Å². The van der Waals surface area contributed by atoms with Gasteiger partial charge in [-0.05, 0) is 74.2 Å². The molecule has 1 unspecified atom stereocenters. The zero-order chi connectivity index (χ0) is 18.1. The van der Waals surface area contributed by atoms with Crippen LogP contribution in [-0.2, 0) is 14.3 Å². The quantitative estimate of drug-likeness (QED) is 0.539. The fraction of sp³-hybridized carbons (Fsp3) is 0.818. The molecule has 0 aromatic heterocycles. The molecule has 0 amide bonds. The van der Waals surface area contributed by atoms with Crippen molar-refractivity contribution in [2.24, 2.45) is 34.5 Å². The lowest BCUT2D eigenvalue weighted by molar-refractivity contribution is -0.117. The van der Waals surface area contributed by atoms with Gasteiger partial charge in [-0.1, -0.05) is 31.2 Å². The Balaban J connectivity index is 1.47. The average Bonchev–Trinajstić information content (AvgIpc) is 3.47. The fourth-order valence-electron chi connectivity index (χ4n) is 8.34. The van der Waals surface area contributed by atoms with E-state index in [1.807, 2.05) is 6.08 Å². The van der Waals surface area contributed by atoms with E-state index in [1.54, 1.807) is 0 Å². The molecular formula is C22H28O3S. The largest absolute Gasteiger partial charge is 0.365 e. The number of thioether (sulfide) groups is 1. The Labute approximate surface area is 159 Å². The third-order valence-electron chi connectivity index (χ3n) is 9.95. The van der Waals surface area contributed by atoms with Crippen molar-refractivity contribution in [3.05, 3.63) is 11.6 Å². The summed E-state index contributed by atoms with van der Waals surface area (Å²) in [5.41, 5.74) is 2.73. The number of epoxide rings is 1. The molecule has 26 heavy (non-hydrogen) atoms. The summed E-state index contributed by atoms with van der Waals surface area (Å²) in [6, 6.07) is 0. The molecular weight excluding hydrogens is 344 g/mol. The first-order chi connectivity index (χ1) is 12.3. The molecule has 5 fully saturated rings. The normalized spacial score (nSPS) is 61.4. The summed E-state index contributed by atoms with van der Waals surface area (Å²) in [6.45, 7) is 7.17. The van der Waals surface area contributed by atoms with Crippen LogP contribution in [0.3, 0.4) is 0 Å². The molecule has 1 spiro atoms. The highest BCUT2D eigenvalue weighted by molar-refractivity contribution is 8.13. The Morgan fingerprint density at radius 1 is 1.27 bits per heavy atom. The number of ether oxygens (including phenoxy) is 1. The molecule has 1 aliphatic heterocycles. The maximum Gasteiger partial charge on any atom is 0.176 e. The van der Waals surface area contributed by atoms with Crippen molar-refractivity contribution in [2.75, 3.05) is 0 Å². The van der Waals surface area contributed by atoms with Gasteiger partial charge >= 0.3 is 0 Å². The highest BCUT2D eigenvalue weighted by Crippen LogP contribution is 2.82. The van der Waals surface area contributed by atoms with Crippen molar-refractivity contribution in [3.63, 3.8) is 0 Å². The molecule has 0 aromatic carbocycles. The van der Waals surface area contributed by atoms with E-state index in [0.717, 1.165) is 24.9 Å². The van der Waals surface area contributed by atoms with Crippen molar-refractivity contribution in [2.45, 2.75) is 75.7 Å². The molecule has 140 valence electrons. The zero-order valence-corrected chi connectivity index (χ0v) is 16.7. The summed E-state index contributed by atoms with van der Waals surface area (Å²) in [5, 5.41) is 0. The van der Waals surface area contributed by atoms with E-state index in [0.29, 0.717) is 42.0 Å². The fourth-order valence-corrected chi connectivity index (χ4v) is 9.29. The van der Waals surface area contributed by atoms with Crippen molar-refractivity contribution < 1.29 is 14.3 Å². The molecule has 1 saturated heterocycles. The Bertz CT molecular complexity index is 775. The molecule has 0 aromatic rings. The minimum Gasteiger partial charge on any atom is -0.365 e. The first-order valence-corrected chi connectivity index (χ1v) is 11.2. The van der Waals surface area contributed by atoms with Gasteiger partial charge in [-0.15, -0.1) is 0 Å². The first-order valence-electron chi connectivity index (χ1n) is 10.3. The molecule has 1 heterocycles. The summed E-state index contributed by atoms with van der Waals surface area (Å²) < 4.78 is 6.74. The van der Waals surface area contributed by atoms with Gasteiger partial charge in [0.15, 0.2) is 11.4 Å². The molecule has 6 aliphatic rings. The topological polar surface area (TPSA) is 46.7 Å². The summed E-state index contributed by atoms with van der Waals surface area (Å²) in [4.78, 5) is 23.5. The van der Waals surface area contributed by atoms with E-state index in [1.165, 1.54) is 30.2 Å². The van der Waals surface area contributed by atoms with Crippen LogP contribution in [0, 0.1) is 34.5 Å². The summed E-state index contributed by atoms with van der Waals surface area (Å²) in [5.74, 6) is 2.94. The second-order valence-corrected chi connectivity index (χ2v) is 11.9. The molecule has 5 aliphatic carbocycles. The van der Waals surface area contributed by atoms with Crippen molar-refractivity contribution in [1.82, 2.24) is 0 Å². The van der Waals surface area contributed by atoms with Gasteiger partial charge in [0.05, 0.1) is 6.10 Å². The van der Waals surface area contributed by atoms with Gasteiger partial charge in [-0.3, -0.25) is 9.59 Å². The van der Waals surface area contributed by atoms with Crippen LogP contribution in [0.1, 0.15) is 59.3 Å². The summed E-state index contributed by atoms with van der Waals surface area (Å²) in [6.07, 6.45) is 8.69. The van der Waals surface area contributed by atoms with Crippen molar-refractivity contribution in [1.29, 1.82) is 0 Å². The lowest BCUT2D eigenvalue weighted by Crippen LogP contribution is -2.59. The smallest absolute Gasteiger partial charge is 0.176 e. The van der Waals surface area contributed by atoms with Crippen LogP contribution in [0.15, 0.2) is 11.6 Å². The van der Waals surface area contributed by atoms with E-state index in [9.17, 15) is 9.59 Å². The third-order valence-corrected chi connectivity index (χ3v) is 11.2. The van der Waals surface area contributed by atoms with Crippen molar-refractivity contribution in [3.8, 4) is 0 Å². The van der Waals surface area contributed by atoms with Crippen LogP contribution < -0.4 is 0 Å². The Morgan fingerprint density at radius 3 is 2.85 bits per heavy atom. The molecule has 4 saturated carbocycles. The highest BCUT2D eigenvalue weighted by atomic mass is 32.2. The molecule has 6 rings (SSSR count). The number of rotatable bonds is 2. The van der Waals surface area contributed by atoms with Gasteiger partial charge in [0, 0.05) is 16.6 Å². The number of ketones is 1. The van der Waals surface area contributed by atoms with Gasteiger partial charge in [-0.2, -0.15) is 0 Å². The predicted octanol–water partition coefficient (Wildman–Crippen LogP) is 4.19. The van der Waals surface area contributed by atoms with Gasteiger partial charge in [0.25, 0.3) is 0 Å². The number of carbonyl (C=O) groups is 2. The SMILES string of the molecule is C[C@]12CCC(=O)C=C1[C@@H]1C[C@@H]1[C@H]1[C@@H]3CC[C@](C)(SC=O)[C@]3(C)CC3O[C@]312. The van der Waals surface area contributed by atoms with Gasteiger partial charge in [-0.25, -0.2) is 0 Å². The van der Waals surface area contributed by atoms with E-state index in [2.05, 4.69) is 20.8 Å². The summed E-state index contributed by atoms with van der Waals surface area (Å²) >= 11 is 1.53. The zero-order valence-electron chi connectivity index (χ0n) is 15.9. The average molecular weight is 373 g/mol. The van der Waals surface area contributed by atoms with Crippen molar-refractivity contribution >= 4 is 23.2 Å². The minimum atomic E-state index is -0.0154. The van der Waals surface area contributed by atoms with Crippen LogP contribution >= 0.6 is 11.8 Å². The molecule has 0 radical (unpaired) electrons. The molecule has 0 bridgehead atoms. The van der Waals surface area contributed by atoms with Crippen LogP contribution in [-0.4, -0.2) is 27.9 Å². The monoisotopic (exact) mass is 372 g/mol. The minimum absolute atomic E-state index is 0.0154. The van der Waals surface area contributed by atoms with E-state index in [4.69, 9.17) is 4.74 Å². The van der Waals surface area contributed by atoms with E-state index < -0.39 is 0 Å². The lowest BCUT2D eigenvalue weighted by atomic mass is 9.46. The molecule has 0 N–H and O–H groups in total. The second-order valence-electron chi connectivity index (χ2n) is 10.5. The summed E-state index contributed by atoms with van der Waals surface area (Å²) in [7, 11) is 0. The van der Waals surface area contributed by atoms with Gasteiger partial charge < -0.3 is 4.74 Å². The van der Waals surface area contributed by atoms with E-state index >= 15 is 0 Å². The van der Waals surface area contributed by atoms with E-state index in [-0.39, 0.29) is 21.2 Å². The highest BCUT2D eigenvalue weighted by Gasteiger charge is 2.84. The number of hydrogen-bond donors (Lipinski definition) is 0. The Morgan fingerprint density at radius 2 is 2.08 bits per heavy atom. The second kappa shape index (κ2) is 4.51. The first kappa shape index (κ1) is 16.4. The van der Waals surface area contributed by atoms with Crippen LogP contribution in [0.5, 0.6) is 0 Å². The Kier molecular flexibility index (Phi) is 2.84. The maximum atomic E-state index is 12.1. The Hall–Kier alpha value is -0.610. The molecule has 9 atom stereocenters. The predicted molar refractivity (Wildman–Crippen MR) is 101 cm³/mol. The van der Waals surface area contributed by atoms with Gasteiger partial charge in [0.1, 0.15) is 5.60 Å². The number of carbonyl (C=O) groups excluding carboxylic acids is 2.